The predicted octanol–water partition coefficient (Wildman–Crippen LogP) is 1.19. The first-order valence-electron chi connectivity index (χ1n) is 7.02. The van der Waals surface area contributed by atoms with Crippen LogP contribution in [0.1, 0.15) is 12.0 Å². The molecule has 0 saturated carbocycles. The van der Waals surface area contributed by atoms with E-state index in [1.54, 1.807) is 18.1 Å². The highest BCUT2D eigenvalue weighted by Gasteiger charge is 2.43. The number of carboxylic acid groups (broad SMARTS) is 1. The number of hydrogen-bond donors (Lipinski definition) is 2. The van der Waals surface area contributed by atoms with Crippen LogP contribution in [0.4, 0.5) is 0 Å². The van der Waals surface area contributed by atoms with E-state index < -0.39 is 11.5 Å². The van der Waals surface area contributed by atoms with Crippen molar-refractivity contribution in [1.82, 2.24) is 14.9 Å². The Morgan fingerprint density at radius 1 is 1.50 bits per heavy atom. The molecule has 116 valence electrons. The predicted molar refractivity (Wildman–Crippen MR) is 84.9 cm³/mol. The van der Waals surface area contributed by atoms with Crippen molar-refractivity contribution in [3.63, 3.8) is 0 Å². The summed E-state index contributed by atoms with van der Waals surface area (Å²) in [4.78, 5) is 27.9. The Kier molecular flexibility index (Phi) is 3.82. The molecule has 0 aliphatic carbocycles. The van der Waals surface area contributed by atoms with Gasteiger partial charge in [-0.2, -0.15) is 11.8 Å². The third kappa shape index (κ3) is 2.68. The highest BCUT2D eigenvalue weighted by Crippen LogP contribution is 2.28. The lowest BCUT2D eigenvalue weighted by atomic mass is 9.98. The van der Waals surface area contributed by atoms with Crippen LogP contribution in [0, 0.1) is 0 Å². The van der Waals surface area contributed by atoms with Gasteiger partial charge in [-0.1, -0.05) is 6.07 Å². The molecule has 0 spiro atoms. The van der Waals surface area contributed by atoms with Crippen LogP contribution in [0.15, 0.2) is 24.5 Å². The van der Waals surface area contributed by atoms with Crippen LogP contribution >= 0.6 is 11.8 Å². The molecule has 1 aliphatic heterocycles. The van der Waals surface area contributed by atoms with Gasteiger partial charge in [-0.3, -0.25) is 4.79 Å². The molecule has 1 aromatic carbocycles. The van der Waals surface area contributed by atoms with Crippen molar-refractivity contribution in [3.05, 3.63) is 30.1 Å². The van der Waals surface area contributed by atoms with Gasteiger partial charge < -0.3 is 15.0 Å². The smallest absolute Gasteiger partial charge is 0.330 e. The maximum atomic E-state index is 12.2. The summed E-state index contributed by atoms with van der Waals surface area (Å²) in [5.41, 5.74) is 1.54. The summed E-state index contributed by atoms with van der Waals surface area (Å²) >= 11 is 1.55. The number of thioether (sulfide) groups is 1. The molecule has 1 atom stereocenters. The Balaban J connectivity index is 1.73. The molecule has 3 rings (SSSR count). The number of amides is 1. The third-order valence-electron chi connectivity index (χ3n) is 3.96. The van der Waals surface area contributed by atoms with Crippen molar-refractivity contribution in [2.75, 3.05) is 11.5 Å². The largest absolute Gasteiger partial charge is 0.479 e. The van der Waals surface area contributed by atoms with Crippen LogP contribution in [-0.4, -0.2) is 43.6 Å². The number of aryl methyl sites for hydroxylation is 1. The standard InChI is InChI=1S/C15H17N3O3S/c1-18-9-16-11-6-10(2-3-12(11)18)7-13(19)17-15(14(20)21)4-5-22-8-15/h2-3,6,9H,4-5,7-8H2,1H3,(H,17,19)(H,20,21). The van der Waals surface area contributed by atoms with E-state index in [4.69, 9.17) is 0 Å². The van der Waals surface area contributed by atoms with Crippen LogP contribution in [0.25, 0.3) is 11.0 Å². The zero-order chi connectivity index (χ0) is 15.7. The second-order valence-corrected chi connectivity index (χ2v) is 6.70. The number of aromatic nitrogens is 2. The quantitative estimate of drug-likeness (QED) is 0.884. The van der Waals surface area contributed by atoms with Gasteiger partial charge in [-0.15, -0.1) is 0 Å². The highest BCUT2D eigenvalue weighted by atomic mass is 32.2. The first-order valence-corrected chi connectivity index (χ1v) is 8.18. The minimum Gasteiger partial charge on any atom is -0.479 e. The lowest BCUT2D eigenvalue weighted by Gasteiger charge is -2.24. The van der Waals surface area contributed by atoms with Crippen LogP contribution < -0.4 is 5.32 Å². The van der Waals surface area contributed by atoms with Crippen LogP contribution in [-0.2, 0) is 23.1 Å². The van der Waals surface area contributed by atoms with E-state index in [2.05, 4.69) is 10.3 Å². The van der Waals surface area contributed by atoms with Gasteiger partial charge in [0.25, 0.3) is 0 Å². The second kappa shape index (κ2) is 5.64. The molecule has 2 N–H and O–H groups in total. The minimum absolute atomic E-state index is 0.159. The number of aliphatic carboxylic acids is 1. The van der Waals surface area contributed by atoms with Gasteiger partial charge in [0.1, 0.15) is 5.54 Å². The lowest BCUT2D eigenvalue weighted by Crippen LogP contribution is -2.55. The van der Waals surface area contributed by atoms with Gasteiger partial charge in [0, 0.05) is 12.8 Å². The maximum absolute atomic E-state index is 12.2. The average Bonchev–Trinajstić information content (AvgIpc) is 3.07. The molecular formula is C15H17N3O3S. The Morgan fingerprint density at radius 3 is 3.00 bits per heavy atom. The maximum Gasteiger partial charge on any atom is 0.330 e. The van der Waals surface area contributed by atoms with E-state index in [0.717, 1.165) is 22.3 Å². The number of carbonyl (C=O) groups excluding carboxylic acids is 1. The van der Waals surface area contributed by atoms with E-state index in [-0.39, 0.29) is 12.3 Å². The summed E-state index contributed by atoms with van der Waals surface area (Å²) in [5.74, 6) is -0.0361. The zero-order valence-electron chi connectivity index (χ0n) is 12.2. The molecule has 1 aliphatic rings. The van der Waals surface area contributed by atoms with Crippen molar-refractivity contribution in [2.45, 2.75) is 18.4 Å². The molecule has 1 unspecified atom stereocenters. The van der Waals surface area contributed by atoms with Crippen molar-refractivity contribution in [3.8, 4) is 0 Å². The van der Waals surface area contributed by atoms with E-state index >= 15 is 0 Å². The summed E-state index contributed by atoms with van der Waals surface area (Å²) in [6.07, 6.45) is 2.36. The Labute approximate surface area is 131 Å². The molecule has 7 heteroatoms. The van der Waals surface area contributed by atoms with Gasteiger partial charge in [-0.25, -0.2) is 9.78 Å². The first-order chi connectivity index (χ1) is 10.5. The van der Waals surface area contributed by atoms with E-state index in [0.29, 0.717) is 12.2 Å². The molecule has 1 amide bonds. The van der Waals surface area contributed by atoms with Crippen LogP contribution in [0.3, 0.4) is 0 Å². The number of carbonyl (C=O) groups is 2. The van der Waals surface area contributed by atoms with Crippen molar-refractivity contribution < 1.29 is 14.7 Å². The molecule has 0 bridgehead atoms. The van der Waals surface area contributed by atoms with Crippen LogP contribution in [0.2, 0.25) is 0 Å². The SMILES string of the molecule is Cn1cnc2cc(CC(=O)NC3(C(=O)O)CCSC3)ccc21. The van der Waals surface area contributed by atoms with E-state index in [9.17, 15) is 14.7 Å². The summed E-state index contributed by atoms with van der Waals surface area (Å²) in [6.45, 7) is 0. The number of fused-ring (bicyclic) bond motifs is 1. The topological polar surface area (TPSA) is 84.2 Å². The monoisotopic (exact) mass is 319 g/mol. The van der Waals surface area contributed by atoms with Gasteiger partial charge in [0.15, 0.2) is 0 Å². The van der Waals surface area contributed by atoms with E-state index in [1.807, 2.05) is 29.8 Å². The number of carboxylic acids is 1. The van der Waals surface area contributed by atoms with Crippen molar-refractivity contribution >= 4 is 34.7 Å². The number of nitrogens with zero attached hydrogens (tertiary/aromatic N) is 2. The lowest BCUT2D eigenvalue weighted by molar-refractivity contribution is -0.146. The normalized spacial score (nSPS) is 21.1. The molecular weight excluding hydrogens is 302 g/mol. The van der Waals surface area contributed by atoms with Gasteiger partial charge in [0.05, 0.1) is 23.8 Å². The Morgan fingerprint density at radius 2 is 2.32 bits per heavy atom. The zero-order valence-corrected chi connectivity index (χ0v) is 13.0. The first kappa shape index (κ1) is 14.9. The second-order valence-electron chi connectivity index (χ2n) is 5.59. The number of nitrogens with one attached hydrogen (secondary N) is 1. The molecule has 6 nitrogen and oxygen atoms in total. The molecule has 1 fully saturated rings. The number of imidazole rings is 1. The molecule has 1 saturated heterocycles. The van der Waals surface area contributed by atoms with Gasteiger partial charge >= 0.3 is 5.97 Å². The summed E-state index contributed by atoms with van der Waals surface area (Å²) in [7, 11) is 1.91. The van der Waals surface area contributed by atoms with Gasteiger partial charge in [0.2, 0.25) is 5.91 Å². The molecule has 1 aromatic heterocycles. The number of rotatable bonds is 4. The summed E-state index contributed by atoms with van der Waals surface area (Å²) in [5, 5.41) is 12.1. The summed E-state index contributed by atoms with van der Waals surface area (Å²) < 4.78 is 1.91. The Hall–Kier alpha value is -2.02. The number of hydrogen-bond acceptors (Lipinski definition) is 4. The molecule has 0 radical (unpaired) electrons. The minimum atomic E-state index is -1.11. The third-order valence-corrected chi connectivity index (χ3v) is 5.15. The fourth-order valence-corrected chi connectivity index (χ4v) is 4.00. The highest BCUT2D eigenvalue weighted by molar-refractivity contribution is 7.99. The number of benzene rings is 1. The van der Waals surface area contributed by atoms with Crippen molar-refractivity contribution in [1.29, 1.82) is 0 Å². The van der Waals surface area contributed by atoms with Crippen molar-refractivity contribution in [2.24, 2.45) is 7.05 Å². The fourth-order valence-electron chi connectivity index (χ4n) is 2.67. The molecule has 2 heterocycles. The van der Waals surface area contributed by atoms with Crippen LogP contribution in [0.5, 0.6) is 0 Å². The van der Waals surface area contributed by atoms with Gasteiger partial charge in [-0.05, 0) is 29.9 Å². The average molecular weight is 319 g/mol. The summed E-state index contributed by atoms with van der Waals surface area (Å²) in [6, 6.07) is 5.66. The Bertz CT molecular complexity index is 735. The molecule has 2 aromatic rings. The molecule has 22 heavy (non-hydrogen) atoms. The fraction of sp³-hybridized carbons (Fsp3) is 0.400. The van der Waals surface area contributed by atoms with E-state index in [1.165, 1.54) is 0 Å².